The van der Waals surface area contributed by atoms with E-state index in [0.717, 1.165) is 11.3 Å². The molecule has 2 rings (SSSR count). The topological polar surface area (TPSA) is 49.3 Å². The molecule has 0 heterocycles. The highest BCUT2D eigenvalue weighted by Crippen LogP contribution is 2.28. The predicted molar refractivity (Wildman–Crippen MR) is 123 cm³/mol. The lowest BCUT2D eigenvalue weighted by Gasteiger charge is -2.17. The van der Waals surface area contributed by atoms with Gasteiger partial charge in [-0.3, -0.25) is 4.79 Å². The van der Waals surface area contributed by atoms with Gasteiger partial charge in [0.05, 0.1) is 0 Å². The monoisotopic (exact) mass is 395 g/mol. The molecule has 2 aromatic carbocycles. The van der Waals surface area contributed by atoms with Crippen molar-refractivity contribution in [2.45, 2.75) is 77.6 Å². The molecule has 0 fully saturated rings. The number of aliphatic hydroxyl groups is 1. The van der Waals surface area contributed by atoms with Crippen LogP contribution in [0.1, 0.15) is 92.6 Å². The number of carbonyl (C=O) groups excluding carboxylic acids is 1. The molecule has 0 radical (unpaired) electrons. The van der Waals surface area contributed by atoms with Crippen LogP contribution in [-0.4, -0.2) is 17.6 Å². The fraction of sp³-hybridized carbons (Fsp3) is 0.500. The summed E-state index contributed by atoms with van der Waals surface area (Å²) in [5.41, 5.74) is 3.88. The lowest BCUT2D eigenvalue weighted by Crippen LogP contribution is -2.12. The maximum Gasteiger partial charge on any atom is 0.255 e. The van der Waals surface area contributed by atoms with Gasteiger partial charge < -0.3 is 10.4 Å². The van der Waals surface area contributed by atoms with E-state index in [9.17, 15) is 4.79 Å². The van der Waals surface area contributed by atoms with Gasteiger partial charge in [0.2, 0.25) is 0 Å². The van der Waals surface area contributed by atoms with Crippen molar-refractivity contribution in [2.75, 3.05) is 11.9 Å². The van der Waals surface area contributed by atoms with Crippen LogP contribution in [0.25, 0.3) is 0 Å². The average molecular weight is 396 g/mol. The number of anilines is 1. The molecule has 0 bridgehead atoms. The molecule has 3 heteroatoms. The zero-order valence-electron chi connectivity index (χ0n) is 18.1. The molecule has 0 saturated carbocycles. The number of nitrogens with one attached hydrogen (secondary N) is 1. The Kier molecular flexibility index (Phi) is 10.5. The molecule has 1 atom stereocenters. The van der Waals surface area contributed by atoms with E-state index in [-0.39, 0.29) is 12.5 Å². The van der Waals surface area contributed by atoms with Crippen molar-refractivity contribution in [3.63, 3.8) is 0 Å². The van der Waals surface area contributed by atoms with Crippen LogP contribution in [0.15, 0.2) is 48.5 Å². The van der Waals surface area contributed by atoms with Crippen molar-refractivity contribution in [1.29, 1.82) is 0 Å². The third kappa shape index (κ3) is 8.02. The molecule has 0 saturated heterocycles. The first-order valence-corrected chi connectivity index (χ1v) is 11.3. The minimum Gasteiger partial charge on any atom is -0.396 e. The number of benzene rings is 2. The second kappa shape index (κ2) is 13.2. The Balaban J connectivity index is 1.93. The minimum atomic E-state index is -0.0851. The third-order valence-electron chi connectivity index (χ3n) is 5.55. The molecule has 0 aromatic heterocycles. The lowest BCUT2D eigenvalue weighted by molar-refractivity contribution is 0.102. The molecule has 2 N–H and O–H groups in total. The summed E-state index contributed by atoms with van der Waals surface area (Å²) in [7, 11) is 0. The number of unbranched alkanes of at least 4 members (excludes halogenated alkanes) is 4. The number of amides is 1. The Morgan fingerprint density at radius 1 is 0.862 bits per heavy atom. The van der Waals surface area contributed by atoms with Gasteiger partial charge in [-0.1, -0.05) is 76.6 Å². The first kappa shape index (κ1) is 23.2. The van der Waals surface area contributed by atoms with Crippen molar-refractivity contribution in [2.24, 2.45) is 0 Å². The highest BCUT2D eigenvalue weighted by Gasteiger charge is 2.12. The number of hydrogen-bond acceptors (Lipinski definition) is 2. The summed E-state index contributed by atoms with van der Waals surface area (Å²) in [6, 6.07) is 15.8. The van der Waals surface area contributed by atoms with Crippen molar-refractivity contribution >= 4 is 11.6 Å². The van der Waals surface area contributed by atoms with Crippen molar-refractivity contribution in [3.8, 4) is 0 Å². The predicted octanol–water partition coefficient (Wildman–Crippen LogP) is 6.72. The van der Waals surface area contributed by atoms with E-state index >= 15 is 0 Å². The highest BCUT2D eigenvalue weighted by atomic mass is 16.3. The summed E-state index contributed by atoms with van der Waals surface area (Å²) in [6.45, 7) is 4.64. The smallest absolute Gasteiger partial charge is 0.255 e. The van der Waals surface area contributed by atoms with Crippen molar-refractivity contribution in [3.05, 3.63) is 65.2 Å². The van der Waals surface area contributed by atoms with Crippen LogP contribution in [0.5, 0.6) is 0 Å². The quantitative estimate of drug-likeness (QED) is 0.370. The third-order valence-corrected chi connectivity index (χ3v) is 5.55. The lowest BCUT2D eigenvalue weighted by atomic mass is 9.88. The summed E-state index contributed by atoms with van der Waals surface area (Å²) < 4.78 is 0. The van der Waals surface area contributed by atoms with Crippen LogP contribution < -0.4 is 5.32 Å². The fourth-order valence-corrected chi connectivity index (χ4v) is 3.81. The van der Waals surface area contributed by atoms with Gasteiger partial charge in [-0.25, -0.2) is 0 Å². The molecule has 0 aliphatic carbocycles. The zero-order valence-corrected chi connectivity index (χ0v) is 18.1. The normalized spacial score (nSPS) is 12.0. The van der Waals surface area contributed by atoms with Crippen LogP contribution in [0.2, 0.25) is 0 Å². The average Bonchev–Trinajstić information content (AvgIpc) is 2.74. The molecule has 29 heavy (non-hydrogen) atoms. The van der Waals surface area contributed by atoms with E-state index in [1.807, 2.05) is 36.4 Å². The first-order valence-electron chi connectivity index (χ1n) is 11.3. The molecule has 0 aliphatic rings. The summed E-state index contributed by atoms with van der Waals surface area (Å²) in [5.74, 6) is 0.510. The van der Waals surface area contributed by atoms with E-state index < -0.39 is 0 Å². The molecule has 1 unspecified atom stereocenters. The molecule has 0 spiro atoms. The number of hydrogen-bond donors (Lipinski definition) is 2. The van der Waals surface area contributed by atoms with Crippen molar-refractivity contribution in [1.82, 2.24) is 0 Å². The summed E-state index contributed by atoms with van der Waals surface area (Å²) in [6.07, 6.45) is 10.9. The Morgan fingerprint density at radius 3 is 2.17 bits per heavy atom. The Labute approximate surface area is 176 Å². The first-order chi connectivity index (χ1) is 14.2. The molecule has 158 valence electrons. The Hall–Kier alpha value is -2.13. The molecule has 3 nitrogen and oxygen atoms in total. The second-order valence-corrected chi connectivity index (χ2v) is 7.94. The molecular formula is C26H37NO2. The maximum atomic E-state index is 12.6. The number of aliphatic hydroxyl groups excluding tert-OH is 1. The van der Waals surface area contributed by atoms with Crippen LogP contribution in [0.4, 0.5) is 5.69 Å². The van der Waals surface area contributed by atoms with Crippen LogP contribution >= 0.6 is 0 Å². The van der Waals surface area contributed by atoms with Crippen LogP contribution in [0, 0.1) is 0 Å². The van der Waals surface area contributed by atoms with Crippen molar-refractivity contribution < 1.29 is 9.90 Å². The molecule has 1 amide bonds. The zero-order chi connectivity index (χ0) is 20.9. The molecular weight excluding hydrogens is 358 g/mol. The molecule has 0 aliphatic heterocycles. The Bertz CT molecular complexity index is 706. The van der Waals surface area contributed by atoms with E-state index in [2.05, 4.69) is 31.3 Å². The van der Waals surface area contributed by atoms with Crippen LogP contribution in [-0.2, 0) is 6.42 Å². The largest absolute Gasteiger partial charge is 0.396 e. The van der Waals surface area contributed by atoms with Gasteiger partial charge in [0, 0.05) is 17.9 Å². The standard InChI is InChI=1S/C26H37NO2/c1-3-5-6-7-8-10-22(9-4-2)23-13-15-24(16-14-23)26(29)27-25-17-11-21(12-18-25)19-20-28/h11-18,22,28H,3-10,19-20H2,1-2H3,(H,27,29). The van der Waals surface area contributed by atoms with Gasteiger partial charge in [0.1, 0.15) is 0 Å². The number of rotatable bonds is 13. The van der Waals surface area contributed by atoms with E-state index in [4.69, 9.17) is 5.11 Å². The fourth-order valence-electron chi connectivity index (χ4n) is 3.81. The Morgan fingerprint density at radius 2 is 1.55 bits per heavy atom. The van der Waals surface area contributed by atoms with Gasteiger partial charge in [-0.15, -0.1) is 0 Å². The maximum absolute atomic E-state index is 12.6. The van der Waals surface area contributed by atoms with Gasteiger partial charge in [0.25, 0.3) is 5.91 Å². The summed E-state index contributed by atoms with van der Waals surface area (Å²) in [4.78, 5) is 12.6. The second-order valence-electron chi connectivity index (χ2n) is 7.94. The van der Waals surface area contributed by atoms with Gasteiger partial charge in [-0.2, -0.15) is 0 Å². The minimum absolute atomic E-state index is 0.0851. The summed E-state index contributed by atoms with van der Waals surface area (Å²) >= 11 is 0. The van der Waals surface area contributed by atoms with E-state index in [1.165, 1.54) is 56.9 Å². The summed E-state index contributed by atoms with van der Waals surface area (Å²) in [5, 5.41) is 11.9. The van der Waals surface area contributed by atoms with E-state index in [0.29, 0.717) is 17.9 Å². The van der Waals surface area contributed by atoms with Crippen LogP contribution in [0.3, 0.4) is 0 Å². The SMILES string of the molecule is CCCCCCCC(CCC)c1ccc(C(=O)Nc2ccc(CCO)cc2)cc1. The molecule has 2 aromatic rings. The van der Waals surface area contributed by atoms with Gasteiger partial charge >= 0.3 is 0 Å². The van der Waals surface area contributed by atoms with Gasteiger partial charge in [0.15, 0.2) is 0 Å². The van der Waals surface area contributed by atoms with E-state index in [1.54, 1.807) is 0 Å². The highest BCUT2D eigenvalue weighted by molar-refractivity contribution is 6.04. The number of carbonyl (C=O) groups is 1. The van der Waals surface area contributed by atoms with Gasteiger partial charge in [-0.05, 0) is 60.6 Å².